The standard InChI is InChI=1S/C25H25N5OS/c31-25(29-15-13-28(14-16-29)12-10-22-9-5-17-32-22)23-19-30(21-7-2-1-3-8-21)27-24(23)20-6-4-11-26-18-20/h1-9,11,17-19H,10,12-16H2. The zero-order valence-electron chi connectivity index (χ0n) is 17.8. The fraction of sp³-hybridized carbons (Fsp3) is 0.240. The summed E-state index contributed by atoms with van der Waals surface area (Å²) in [5.74, 6) is 0.0314. The van der Waals surface area contributed by atoms with Gasteiger partial charge in [0.15, 0.2) is 0 Å². The summed E-state index contributed by atoms with van der Waals surface area (Å²) in [6.07, 6.45) is 6.41. The van der Waals surface area contributed by atoms with Gasteiger partial charge in [0, 0.05) is 61.8 Å². The van der Waals surface area contributed by atoms with Crippen LogP contribution in [0.25, 0.3) is 16.9 Å². The zero-order chi connectivity index (χ0) is 21.8. The van der Waals surface area contributed by atoms with E-state index in [0.29, 0.717) is 11.3 Å². The van der Waals surface area contributed by atoms with E-state index < -0.39 is 0 Å². The predicted octanol–water partition coefficient (Wildman–Crippen LogP) is 4.00. The second-order valence-electron chi connectivity index (χ2n) is 7.88. The second-order valence-corrected chi connectivity index (χ2v) is 8.91. The molecule has 0 atom stereocenters. The summed E-state index contributed by atoms with van der Waals surface area (Å²) in [5.41, 5.74) is 3.07. The quantitative estimate of drug-likeness (QED) is 0.452. The lowest BCUT2D eigenvalue weighted by atomic mass is 10.1. The van der Waals surface area contributed by atoms with Crippen LogP contribution in [-0.4, -0.2) is 63.2 Å². The van der Waals surface area contributed by atoms with Crippen molar-refractivity contribution in [2.75, 3.05) is 32.7 Å². The van der Waals surface area contributed by atoms with Crippen LogP contribution in [-0.2, 0) is 6.42 Å². The number of pyridine rings is 1. The number of piperazine rings is 1. The Hall–Kier alpha value is -3.29. The monoisotopic (exact) mass is 443 g/mol. The van der Waals surface area contributed by atoms with Crippen LogP contribution >= 0.6 is 11.3 Å². The van der Waals surface area contributed by atoms with Gasteiger partial charge >= 0.3 is 0 Å². The van der Waals surface area contributed by atoms with Gasteiger partial charge in [0.2, 0.25) is 0 Å². The van der Waals surface area contributed by atoms with Crippen LogP contribution in [0.4, 0.5) is 0 Å². The van der Waals surface area contributed by atoms with Crippen molar-refractivity contribution in [2.24, 2.45) is 0 Å². The number of thiophene rings is 1. The number of rotatable bonds is 6. The maximum atomic E-state index is 13.5. The number of carbonyl (C=O) groups excluding carboxylic acids is 1. The second kappa shape index (κ2) is 9.46. The lowest BCUT2D eigenvalue weighted by molar-refractivity contribution is 0.0639. The van der Waals surface area contributed by atoms with Gasteiger partial charge in [-0.25, -0.2) is 4.68 Å². The minimum Gasteiger partial charge on any atom is -0.336 e. The number of hydrogen-bond acceptors (Lipinski definition) is 5. The Morgan fingerprint density at radius 1 is 0.969 bits per heavy atom. The molecule has 7 heteroatoms. The molecule has 1 aliphatic heterocycles. The maximum Gasteiger partial charge on any atom is 0.257 e. The molecule has 3 aromatic heterocycles. The lowest BCUT2D eigenvalue weighted by Gasteiger charge is -2.34. The number of hydrogen-bond donors (Lipinski definition) is 0. The van der Waals surface area contributed by atoms with E-state index in [2.05, 4.69) is 27.4 Å². The van der Waals surface area contributed by atoms with Crippen LogP contribution in [0, 0.1) is 0 Å². The zero-order valence-corrected chi connectivity index (χ0v) is 18.6. The topological polar surface area (TPSA) is 54.3 Å². The number of carbonyl (C=O) groups is 1. The fourth-order valence-electron chi connectivity index (χ4n) is 4.03. The third kappa shape index (κ3) is 4.49. The molecule has 1 saturated heterocycles. The maximum absolute atomic E-state index is 13.5. The molecule has 0 aliphatic carbocycles. The SMILES string of the molecule is O=C(c1cn(-c2ccccc2)nc1-c1cccnc1)N1CCN(CCc2cccs2)CC1. The van der Waals surface area contributed by atoms with E-state index in [1.165, 1.54) is 4.88 Å². The normalized spacial score (nSPS) is 14.6. The summed E-state index contributed by atoms with van der Waals surface area (Å²) >= 11 is 1.81. The van der Waals surface area contributed by atoms with E-state index in [0.717, 1.165) is 50.4 Å². The average molecular weight is 444 g/mol. The number of benzene rings is 1. The minimum atomic E-state index is 0.0314. The first kappa shape index (κ1) is 20.6. The van der Waals surface area contributed by atoms with Crippen molar-refractivity contribution in [2.45, 2.75) is 6.42 Å². The van der Waals surface area contributed by atoms with Gasteiger partial charge < -0.3 is 4.90 Å². The third-order valence-corrected chi connectivity index (χ3v) is 6.75. The molecule has 4 aromatic rings. The molecule has 4 heterocycles. The summed E-state index contributed by atoms with van der Waals surface area (Å²) in [4.78, 5) is 23.6. The molecular weight excluding hydrogens is 418 g/mol. The van der Waals surface area contributed by atoms with E-state index in [1.807, 2.05) is 64.9 Å². The van der Waals surface area contributed by atoms with Gasteiger partial charge in [-0.15, -0.1) is 11.3 Å². The molecule has 1 amide bonds. The van der Waals surface area contributed by atoms with Gasteiger partial charge in [-0.3, -0.25) is 14.7 Å². The minimum absolute atomic E-state index is 0.0314. The Morgan fingerprint density at radius 3 is 2.53 bits per heavy atom. The summed E-state index contributed by atoms with van der Waals surface area (Å²) in [6.45, 7) is 4.28. The van der Waals surface area contributed by atoms with Gasteiger partial charge in [-0.1, -0.05) is 24.3 Å². The Balaban J connectivity index is 1.33. The van der Waals surface area contributed by atoms with Crippen molar-refractivity contribution in [1.82, 2.24) is 24.6 Å². The van der Waals surface area contributed by atoms with Crippen molar-refractivity contribution in [3.8, 4) is 16.9 Å². The van der Waals surface area contributed by atoms with Crippen LogP contribution < -0.4 is 0 Å². The fourth-order valence-corrected chi connectivity index (χ4v) is 4.73. The highest BCUT2D eigenvalue weighted by Crippen LogP contribution is 2.25. The van der Waals surface area contributed by atoms with E-state index >= 15 is 0 Å². The molecule has 6 nitrogen and oxygen atoms in total. The Bertz CT molecular complexity index is 1150. The Kier molecular flexibility index (Phi) is 6.09. The van der Waals surface area contributed by atoms with Crippen LogP contribution in [0.5, 0.6) is 0 Å². The first-order valence-corrected chi connectivity index (χ1v) is 11.8. The van der Waals surface area contributed by atoms with Crippen LogP contribution in [0.15, 0.2) is 78.6 Å². The van der Waals surface area contributed by atoms with Gasteiger partial charge in [0.25, 0.3) is 5.91 Å². The molecule has 1 aliphatic rings. The van der Waals surface area contributed by atoms with Crippen molar-refractivity contribution in [3.63, 3.8) is 0 Å². The van der Waals surface area contributed by atoms with Gasteiger partial charge in [-0.05, 0) is 42.1 Å². The van der Waals surface area contributed by atoms with E-state index in [1.54, 1.807) is 17.1 Å². The van der Waals surface area contributed by atoms with E-state index in [4.69, 9.17) is 5.10 Å². The van der Waals surface area contributed by atoms with Crippen LogP contribution in [0.1, 0.15) is 15.2 Å². The van der Waals surface area contributed by atoms with Crippen molar-refractivity contribution in [1.29, 1.82) is 0 Å². The molecule has 0 spiro atoms. The van der Waals surface area contributed by atoms with Crippen LogP contribution in [0.3, 0.4) is 0 Å². The molecular formula is C25H25N5OS. The predicted molar refractivity (Wildman–Crippen MR) is 127 cm³/mol. The average Bonchev–Trinajstić information content (AvgIpc) is 3.54. The van der Waals surface area contributed by atoms with Crippen LogP contribution in [0.2, 0.25) is 0 Å². The van der Waals surface area contributed by atoms with Crippen molar-refractivity contribution < 1.29 is 4.79 Å². The molecule has 1 fully saturated rings. The Labute approximate surface area is 191 Å². The summed E-state index contributed by atoms with van der Waals surface area (Å²) < 4.78 is 1.78. The van der Waals surface area contributed by atoms with Gasteiger partial charge in [-0.2, -0.15) is 5.10 Å². The highest BCUT2D eigenvalue weighted by molar-refractivity contribution is 7.09. The number of aromatic nitrogens is 3. The van der Waals surface area contributed by atoms with Gasteiger partial charge in [0.1, 0.15) is 5.69 Å². The molecule has 32 heavy (non-hydrogen) atoms. The first-order valence-electron chi connectivity index (χ1n) is 10.9. The molecule has 0 radical (unpaired) electrons. The van der Waals surface area contributed by atoms with Crippen molar-refractivity contribution >= 4 is 17.2 Å². The first-order chi connectivity index (χ1) is 15.8. The third-order valence-electron chi connectivity index (χ3n) is 5.81. The molecule has 1 aromatic carbocycles. The number of para-hydroxylation sites is 1. The van der Waals surface area contributed by atoms with E-state index in [9.17, 15) is 4.79 Å². The number of amides is 1. The smallest absolute Gasteiger partial charge is 0.257 e. The molecule has 162 valence electrons. The molecule has 0 N–H and O–H groups in total. The summed E-state index contributed by atoms with van der Waals surface area (Å²) in [6, 6.07) is 18.0. The highest BCUT2D eigenvalue weighted by atomic mass is 32.1. The van der Waals surface area contributed by atoms with Gasteiger partial charge in [0.05, 0.1) is 11.3 Å². The molecule has 0 saturated carbocycles. The highest BCUT2D eigenvalue weighted by Gasteiger charge is 2.26. The molecule has 0 bridgehead atoms. The summed E-state index contributed by atoms with van der Waals surface area (Å²) in [7, 11) is 0. The largest absolute Gasteiger partial charge is 0.336 e. The van der Waals surface area contributed by atoms with Crippen molar-refractivity contribution in [3.05, 3.63) is 89.0 Å². The van der Waals surface area contributed by atoms with E-state index in [-0.39, 0.29) is 5.91 Å². The lowest BCUT2D eigenvalue weighted by Crippen LogP contribution is -2.49. The molecule has 0 unspecified atom stereocenters. The number of nitrogens with zero attached hydrogens (tertiary/aromatic N) is 5. The Morgan fingerprint density at radius 2 is 1.81 bits per heavy atom. The summed E-state index contributed by atoms with van der Waals surface area (Å²) in [5, 5.41) is 6.89. The molecule has 5 rings (SSSR count).